The molecule has 0 aliphatic heterocycles. The van der Waals surface area contributed by atoms with Crippen molar-refractivity contribution in [3.8, 4) is 12.1 Å². The van der Waals surface area contributed by atoms with E-state index in [-0.39, 0.29) is 24.9 Å². The topological polar surface area (TPSA) is 126 Å². The second-order valence-electron chi connectivity index (χ2n) is 24.0. The van der Waals surface area contributed by atoms with Gasteiger partial charge in [-0.3, -0.25) is 28.3 Å². The molecule has 0 aliphatic rings. The first-order chi connectivity index (χ1) is 40.1. The molecule has 452 valence electrons. The second-order valence-corrected chi connectivity index (χ2v) is 30.2. The van der Waals surface area contributed by atoms with Crippen LogP contribution in [-0.2, 0) is 13.1 Å². The Morgan fingerprint density at radius 1 is 0.341 bits per heavy atom. The van der Waals surface area contributed by atoms with Crippen LogP contribution < -0.4 is 29.9 Å². The summed E-state index contributed by atoms with van der Waals surface area (Å²) in [5.41, 5.74) is -1.59. The minimum absolute atomic E-state index is 0.115. The third kappa shape index (κ3) is 19.1. The number of aromatic nitrogens is 2. The second kappa shape index (κ2) is 37.8. The maximum absolute atomic E-state index is 15.7. The molecule has 0 spiro atoms. The Kier molecular flexibility index (Phi) is 31.5. The molecule has 0 amide bonds. The van der Waals surface area contributed by atoms with Crippen LogP contribution in [0.2, 0.25) is 0 Å². The van der Waals surface area contributed by atoms with Crippen LogP contribution in [0.5, 0.6) is 0 Å². The highest BCUT2D eigenvalue weighted by atomic mass is 79.9. The zero-order chi connectivity index (χ0) is 58.6. The van der Waals surface area contributed by atoms with E-state index < -0.39 is 22.2 Å². The normalized spacial score (nSPS) is 12.7. The molecule has 0 fully saturated rings. The minimum atomic E-state index is -0.397. The zero-order valence-electron chi connectivity index (χ0n) is 50.7. The molecule has 6 aromatic rings. The van der Waals surface area contributed by atoms with Crippen LogP contribution in [0.15, 0.2) is 19.2 Å². The molecule has 6 rings (SSSR count). The number of pyridine rings is 2. The van der Waals surface area contributed by atoms with Crippen molar-refractivity contribution in [3.63, 3.8) is 0 Å². The number of nitrogens with zero attached hydrogens (tertiary/aromatic N) is 4. The van der Waals surface area contributed by atoms with Crippen molar-refractivity contribution in [2.75, 3.05) is 0 Å². The molecule has 8 nitrogen and oxygen atoms in total. The molecule has 4 aromatic heterocycles. The van der Waals surface area contributed by atoms with E-state index in [1.165, 1.54) is 234 Å². The van der Waals surface area contributed by atoms with Crippen molar-refractivity contribution >= 4 is 137 Å². The Morgan fingerprint density at radius 3 is 0.732 bits per heavy atom. The fraction of sp³-hybridized carbons (Fsp3) is 0.706. The summed E-state index contributed by atoms with van der Waals surface area (Å²) in [7, 11) is 0. The maximum atomic E-state index is 15.7. The summed E-state index contributed by atoms with van der Waals surface area (Å²) in [5.74, 6) is 0.229. The third-order valence-electron chi connectivity index (χ3n) is 17.5. The predicted molar refractivity (Wildman–Crippen MR) is 367 cm³/mol. The van der Waals surface area contributed by atoms with Crippen molar-refractivity contribution < 1.29 is 0 Å². The van der Waals surface area contributed by atoms with Gasteiger partial charge in [-0.1, -0.05) is 259 Å². The van der Waals surface area contributed by atoms with E-state index in [4.69, 9.17) is 0 Å². The van der Waals surface area contributed by atoms with Crippen LogP contribution >= 0.6 is 77.2 Å². The van der Waals surface area contributed by atoms with Crippen molar-refractivity contribution in [1.29, 1.82) is 10.5 Å². The average molecular weight is 1320 g/mol. The summed E-state index contributed by atoms with van der Waals surface area (Å²) in [6.07, 6.45) is 47.8. The van der Waals surface area contributed by atoms with Gasteiger partial charge in [-0.15, -0.1) is 45.3 Å². The first-order valence-corrected chi connectivity index (χ1v) is 37.7. The lowest BCUT2D eigenvalue weighted by Gasteiger charge is -2.21. The van der Waals surface area contributed by atoms with Crippen LogP contribution in [0.3, 0.4) is 0 Å². The van der Waals surface area contributed by atoms with Crippen molar-refractivity contribution in [1.82, 2.24) is 9.13 Å². The molecule has 0 N–H and O–H groups in total. The van der Waals surface area contributed by atoms with Crippen LogP contribution in [0.1, 0.15) is 285 Å². The standard InChI is InChI=1S/C68H98Br2N4O4S4/c1-5-9-13-17-21-25-27-31-35-39-43-49(41-37-33-29-23-19-15-11-7-3)47-73-63(75)55-53-54-57(61-59(55)79-67(81-61)51(69)45-71)65(77)74(66(78)58(54)62-60(56(53)64(73)76)80-68(82-62)52(70)46-72)48-50(42-38-34-30-24-20-16-12-8-4)44-40-36-32-28-26-22-18-14-10-6-2/h49-50H,5-44,47-48H2,1-4H3. The Bertz CT molecular complexity index is 3010. The minimum Gasteiger partial charge on any atom is -0.274 e. The maximum Gasteiger partial charge on any atom is 0.262 e. The number of hydrogen-bond acceptors (Lipinski definition) is 10. The number of halogens is 2. The van der Waals surface area contributed by atoms with Gasteiger partial charge in [0.2, 0.25) is 0 Å². The van der Waals surface area contributed by atoms with Gasteiger partial charge in [0.25, 0.3) is 22.2 Å². The lowest BCUT2D eigenvalue weighted by atomic mass is 9.92. The van der Waals surface area contributed by atoms with Crippen molar-refractivity contribution in [3.05, 3.63) is 49.1 Å². The van der Waals surface area contributed by atoms with Gasteiger partial charge in [0.05, 0.1) is 40.3 Å². The van der Waals surface area contributed by atoms with Gasteiger partial charge in [0.1, 0.15) is 28.8 Å². The fourth-order valence-corrected chi connectivity index (χ4v) is 18.8. The van der Waals surface area contributed by atoms with Gasteiger partial charge in [0.15, 0.2) is 0 Å². The number of nitriles is 2. The molecule has 2 aromatic carbocycles. The van der Waals surface area contributed by atoms with Crippen molar-refractivity contribution in [2.45, 2.75) is 298 Å². The largest absolute Gasteiger partial charge is 0.274 e. The van der Waals surface area contributed by atoms with E-state index in [9.17, 15) is 10.5 Å². The van der Waals surface area contributed by atoms with Gasteiger partial charge in [-0.25, -0.2) is 0 Å². The molecular formula is C68H98Br2N4O4S4. The lowest BCUT2D eigenvalue weighted by molar-refractivity contribution is 0.350. The summed E-state index contributed by atoms with van der Waals surface area (Å²) in [4.78, 5) is 62.8. The molecular weight excluding hydrogens is 1220 g/mol. The highest BCUT2D eigenvalue weighted by Crippen LogP contribution is 2.45. The van der Waals surface area contributed by atoms with Crippen LogP contribution in [0, 0.1) is 34.5 Å². The predicted octanol–water partition coefficient (Wildman–Crippen LogP) is 21.1. The summed E-state index contributed by atoms with van der Waals surface area (Å²) in [5, 5.41) is 22.7. The molecule has 82 heavy (non-hydrogen) atoms. The van der Waals surface area contributed by atoms with Gasteiger partial charge in [-0.05, 0) is 69.4 Å². The van der Waals surface area contributed by atoms with Crippen LogP contribution in [-0.4, -0.2) is 9.13 Å². The monoisotopic (exact) mass is 1320 g/mol. The average Bonchev–Trinajstić information content (AvgIpc) is 1.31. The lowest BCUT2D eigenvalue weighted by Crippen LogP contribution is -2.38. The van der Waals surface area contributed by atoms with Gasteiger partial charge < -0.3 is 0 Å². The first-order valence-electron chi connectivity index (χ1n) is 32.8. The smallest absolute Gasteiger partial charge is 0.262 e. The number of unbranched alkanes of at least 4 members (excludes halogenated alkanes) is 32. The molecule has 14 heteroatoms. The van der Waals surface area contributed by atoms with E-state index in [2.05, 4.69) is 71.7 Å². The Balaban J connectivity index is 1.46. The van der Waals surface area contributed by atoms with Crippen molar-refractivity contribution in [2.24, 2.45) is 11.8 Å². The van der Waals surface area contributed by atoms with E-state index in [0.29, 0.717) is 67.8 Å². The SMILES string of the molecule is CCCCCCCCCCCCC(CCCCCCCCCC)Cn1c(=O)c2c3sc(=C(Br)C#N)sc3c3c(=O)n(CC(CCCCCCCCCC)CCCCCCCCCCCC)c(=O)c4c5sc(=C(Br)C#N)sc5c(c1=O)c2c34. The number of rotatable bonds is 44. The molecule has 0 bridgehead atoms. The summed E-state index contributed by atoms with van der Waals surface area (Å²) < 4.78 is 7.15. The van der Waals surface area contributed by atoms with E-state index in [1.54, 1.807) is 0 Å². The van der Waals surface area contributed by atoms with E-state index in [0.717, 1.165) is 77.0 Å². The molecule has 0 saturated heterocycles. The first kappa shape index (κ1) is 68.4. The molecule has 0 saturated carbocycles. The molecule has 2 unspecified atom stereocenters. The highest BCUT2D eigenvalue weighted by molar-refractivity contribution is 9.15. The Hall–Kier alpha value is -2.72. The molecule has 2 atom stereocenters. The number of benzene rings is 2. The highest BCUT2D eigenvalue weighted by Gasteiger charge is 2.31. The van der Waals surface area contributed by atoms with Gasteiger partial charge >= 0.3 is 0 Å². The van der Waals surface area contributed by atoms with E-state index >= 15 is 19.2 Å². The van der Waals surface area contributed by atoms with E-state index in [1.807, 2.05) is 0 Å². The third-order valence-corrected chi connectivity index (χ3v) is 24.9. The number of fused-ring (bicyclic) bond motifs is 6. The van der Waals surface area contributed by atoms with Gasteiger partial charge in [0, 0.05) is 23.9 Å². The Labute approximate surface area is 523 Å². The number of hydrogen-bond donors (Lipinski definition) is 0. The van der Waals surface area contributed by atoms with Crippen LogP contribution in [0.25, 0.3) is 60.1 Å². The summed E-state index contributed by atoms with van der Waals surface area (Å²) >= 11 is 12.3. The molecule has 0 aliphatic carbocycles. The zero-order valence-corrected chi connectivity index (χ0v) is 57.1. The fourth-order valence-electron chi connectivity index (χ4n) is 12.7. The van der Waals surface area contributed by atoms with Gasteiger partial charge in [-0.2, -0.15) is 10.5 Å². The van der Waals surface area contributed by atoms with Crippen LogP contribution in [0.4, 0.5) is 0 Å². The quantitative estimate of drug-likeness (QED) is 0.0277. The summed E-state index contributed by atoms with van der Waals surface area (Å²) in [6, 6.07) is 4.52. The molecule has 4 heterocycles. The Morgan fingerprint density at radius 2 is 0.537 bits per heavy atom. The summed E-state index contributed by atoms with van der Waals surface area (Å²) in [6.45, 7) is 9.60. The molecule has 0 radical (unpaired) electrons.